The van der Waals surface area contributed by atoms with E-state index in [-0.39, 0.29) is 5.63 Å². The minimum atomic E-state index is -0.389. The molecule has 0 radical (unpaired) electrons. The molecule has 0 unspecified atom stereocenters. The quantitative estimate of drug-likeness (QED) is 0.668. The first-order valence-corrected chi connectivity index (χ1v) is 6.05. The Bertz CT molecular complexity index is 729. The van der Waals surface area contributed by atoms with Gasteiger partial charge in [0.1, 0.15) is 5.58 Å². The van der Waals surface area contributed by atoms with E-state index in [9.17, 15) is 4.79 Å². The monoisotopic (exact) mass is 243 g/mol. The number of hydrogen-bond acceptors (Lipinski definition) is 4. The van der Waals surface area contributed by atoms with Gasteiger partial charge < -0.3 is 10.2 Å². The minimum absolute atomic E-state index is 0.389. The molecule has 0 saturated carbocycles. The Morgan fingerprint density at radius 2 is 2.00 bits per heavy atom. The zero-order chi connectivity index (χ0) is 11.8. The molecule has 0 saturated heterocycles. The topological polar surface area (TPSA) is 56.2 Å². The summed E-state index contributed by atoms with van der Waals surface area (Å²) in [5, 5.41) is 4.56. The first-order chi connectivity index (χ1) is 8.27. The Kier molecular flexibility index (Phi) is 2.23. The summed E-state index contributed by atoms with van der Waals surface area (Å²) in [5.74, 6) is 0. The number of thiophene rings is 1. The summed E-state index contributed by atoms with van der Waals surface area (Å²) < 4.78 is 5.27. The predicted molar refractivity (Wildman–Crippen MR) is 70.2 cm³/mol. The number of rotatable bonds is 1. The van der Waals surface area contributed by atoms with E-state index in [2.05, 4.69) is 0 Å². The molecule has 0 amide bonds. The van der Waals surface area contributed by atoms with Gasteiger partial charge >= 0.3 is 5.63 Å². The van der Waals surface area contributed by atoms with E-state index in [4.69, 9.17) is 10.2 Å². The molecule has 0 fully saturated rings. The molecule has 0 spiro atoms. The van der Waals surface area contributed by atoms with Crippen molar-refractivity contribution in [2.75, 3.05) is 5.73 Å². The number of hydrogen-bond donors (Lipinski definition) is 1. The molecule has 0 aliphatic heterocycles. The molecule has 0 atom stereocenters. The van der Waals surface area contributed by atoms with Gasteiger partial charge in [-0.3, -0.25) is 0 Å². The van der Waals surface area contributed by atoms with Crippen molar-refractivity contribution >= 4 is 28.0 Å². The zero-order valence-electron chi connectivity index (χ0n) is 8.84. The lowest BCUT2D eigenvalue weighted by atomic mass is 10.1. The van der Waals surface area contributed by atoms with Crippen LogP contribution >= 0.6 is 11.3 Å². The maximum absolute atomic E-state index is 11.9. The van der Waals surface area contributed by atoms with Crippen molar-refractivity contribution < 1.29 is 4.42 Å². The average molecular weight is 243 g/mol. The predicted octanol–water partition coefficient (Wildman–Crippen LogP) is 3.10. The number of nitrogen functional groups attached to an aromatic ring is 1. The van der Waals surface area contributed by atoms with Crippen LogP contribution in [0, 0.1) is 0 Å². The van der Waals surface area contributed by atoms with Crippen molar-refractivity contribution in [2.45, 2.75) is 0 Å². The summed E-state index contributed by atoms with van der Waals surface area (Å²) in [6, 6.07) is 9.14. The highest BCUT2D eigenvalue weighted by molar-refractivity contribution is 7.08. The molecule has 3 rings (SSSR count). The number of benzene rings is 1. The fourth-order valence-corrected chi connectivity index (χ4v) is 2.50. The SMILES string of the molecule is Nc1c(-c2ccsc2)c(=O)oc2ccccc12. The molecule has 0 aliphatic rings. The van der Waals surface area contributed by atoms with Crippen molar-refractivity contribution in [3.05, 3.63) is 51.5 Å². The van der Waals surface area contributed by atoms with Crippen molar-refractivity contribution in [3.8, 4) is 11.1 Å². The van der Waals surface area contributed by atoms with Gasteiger partial charge in [-0.2, -0.15) is 11.3 Å². The molecule has 0 aliphatic carbocycles. The van der Waals surface area contributed by atoms with Gasteiger partial charge in [0.2, 0.25) is 0 Å². The van der Waals surface area contributed by atoms with Gasteiger partial charge in [-0.1, -0.05) is 12.1 Å². The van der Waals surface area contributed by atoms with E-state index in [0.29, 0.717) is 16.8 Å². The number of nitrogens with two attached hydrogens (primary N) is 1. The summed E-state index contributed by atoms with van der Waals surface area (Å²) in [6.07, 6.45) is 0. The highest BCUT2D eigenvalue weighted by Crippen LogP contribution is 2.30. The first kappa shape index (κ1) is 10.1. The summed E-state index contributed by atoms with van der Waals surface area (Å²) in [7, 11) is 0. The largest absolute Gasteiger partial charge is 0.422 e. The van der Waals surface area contributed by atoms with Crippen molar-refractivity contribution in [3.63, 3.8) is 0 Å². The number of anilines is 1. The smallest absolute Gasteiger partial charge is 0.346 e. The van der Waals surface area contributed by atoms with Crippen LogP contribution in [0.15, 0.2) is 50.3 Å². The van der Waals surface area contributed by atoms with Crippen LogP contribution in [0.3, 0.4) is 0 Å². The second-order valence-corrected chi connectivity index (χ2v) is 4.47. The molecule has 0 bridgehead atoms. The second kappa shape index (κ2) is 3.75. The summed E-state index contributed by atoms with van der Waals surface area (Å²) >= 11 is 1.52. The van der Waals surface area contributed by atoms with Crippen LogP contribution in [0.25, 0.3) is 22.1 Å². The van der Waals surface area contributed by atoms with Crippen LogP contribution in [0.2, 0.25) is 0 Å². The molecule has 3 nitrogen and oxygen atoms in total. The van der Waals surface area contributed by atoms with E-state index < -0.39 is 0 Å². The first-order valence-electron chi connectivity index (χ1n) is 5.11. The molecule has 17 heavy (non-hydrogen) atoms. The van der Waals surface area contributed by atoms with E-state index in [1.165, 1.54) is 11.3 Å². The normalized spacial score (nSPS) is 10.8. The van der Waals surface area contributed by atoms with Crippen molar-refractivity contribution in [1.82, 2.24) is 0 Å². The number of fused-ring (bicyclic) bond motifs is 1. The zero-order valence-corrected chi connectivity index (χ0v) is 9.66. The molecule has 4 heteroatoms. The van der Waals surface area contributed by atoms with Crippen molar-refractivity contribution in [2.24, 2.45) is 0 Å². The molecular weight excluding hydrogens is 234 g/mol. The van der Waals surface area contributed by atoms with Gasteiger partial charge in [-0.25, -0.2) is 4.79 Å². The molecule has 3 aromatic rings. The van der Waals surface area contributed by atoms with E-state index in [1.807, 2.05) is 35.0 Å². The molecule has 2 heterocycles. The third kappa shape index (κ3) is 1.54. The van der Waals surface area contributed by atoms with E-state index in [0.717, 1.165) is 10.9 Å². The van der Waals surface area contributed by atoms with Gasteiger partial charge in [0.15, 0.2) is 0 Å². The van der Waals surface area contributed by atoms with Crippen LogP contribution in [0.1, 0.15) is 0 Å². The highest BCUT2D eigenvalue weighted by Gasteiger charge is 2.13. The van der Waals surface area contributed by atoms with Crippen LogP contribution in [-0.4, -0.2) is 0 Å². The van der Waals surface area contributed by atoms with Gasteiger partial charge in [0, 0.05) is 10.9 Å². The molecule has 84 valence electrons. The summed E-state index contributed by atoms with van der Waals surface area (Å²) in [4.78, 5) is 11.9. The van der Waals surface area contributed by atoms with E-state index in [1.54, 1.807) is 6.07 Å². The second-order valence-electron chi connectivity index (χ2n) is 3.69. The lowest BCUT2D eigenvalue weighted by Gasteiger charge is -2.05. The number of para-hydroxylation sites is 1. The fourth-order valence-electron chi connectivity index (χ4n) is 1.85. The van der Waals surface area contributed by atoms with Crippen LogP contribution in [0.4, 0.5) is 5.69 Å². The maximum atomic E-state index is 11.9. The van der Waals surface area contributed by atoms with E-state index >= 15 is 0 Å². The molecule has 2 N–H and O–H groups in total. The Balaban J connectivity index is 2.44. The average Bonchev–Trinajstić information content (AvgIpc) is 2.83. The molecular formula is C13H9NO2S. The summed E-state index contributed by atoms with van der Waals surface area (Å²) in [6.45, 7) is 0. The maximum Gasteiger partial charge on any atom is 0.346 e. The van der Waals surface area contributed by atoms with Gasteiger partial charge in [0.25, 0.3) is 0 Å². The van der Waals surface area contributed by atoms with Gasteiger partial charge in [-0.15, -0.1) is 0 Å². The lowest BCUT2D eigenvalue weighted by Crippen LogP contribution is -2.07. The Morgan fingerprint density at radius 3 is 2.76 bits per heavy atom. The Hall–Kier alpha value is -2.07. The Labute approximate surface area is 101 Å². The highest BCUT2D eigenvalue weighted by atomic mass is 32.1. The molecule has 2 aromatic heterocycles. The standard InChI is InChI=1S/C13H9NO2S/c14-12-9-3-1-2-4-10(9)16-13(15)11(12)8-5-6-17-7-8/h1-7H,14H2. The van der Waals surface area contributed by atoms with Crippen LogP contribution in [0.5, 0.6) is 0 Å². The Morgan fingerprint density at radius 1 is 1.18 bits per heavy atom. The fraction of sp³-hybridized carbons (Fsp3) is 0. The third-order valence-electron chi connectivity index (χ3n) is 2.66. The van der Waals surface area contributed by atoms with Crippen LogP contribution in [-0.2, 0) is 0 Å². The lowest BCUT2D eigenvalue weighted by molar-refractivity contribution is 0.564. The molecule has 1 aromatic carbocycles. The van der Waals surface area contributed by atoms with Gasteiger partial charge in [0.05, 0.1) is 11.3 Å². The minimum Gasteiger partial charge on any atom is -0.422 e. The third-order valence-corrected chi connectivity index (χ3v) is 3.35. The summed E-state index contributed by atoms with van der Waals surface area (Å²) in [5.41, 5.74) is 7.93. The van der Waals surface area contributed by atoms with Crippen LogP contribution < -0.4 is 11.4 Å². The van der Waals surface area contributed by atoms with Gasteiger partial charge in [-0.05, 0) is 29.0 Å². The van der Waals surface area contributed by atoms with Crippen molar-refractivity contribution in [1.29, 1.82) is 0 Å².